The lowest BCUT2D eigenvalue weighted by atomic mass is 10.1. The van der Waals surface area contributed by atoms with Gasteiger partial charge >= 0.3 is 5.97 Å². The van der Waals surface area contributed by atoms with Crippen LogP contribution in [0.2, 0.25) is 0 Å². The second-order valence-corrected chi connectivity index (χ2v) is 4.45. The molecule has 21 heavy (non-hydrogen) atoms. The molecular formula is C15H13FN2O3. The van der Waals surface area contributed by atoms with Gasteiger partial charge in [-0.15, -0.1) is 0 Å². The van der Waals surface area contributed by atoms with Crippen LogP contribution in [0.3, 0.4) is 0 Å². The Hall–Kier alpha value is -2.76. The smallest absolute Gasteiger partial charge is 0.337 e. The second-order valence-electron chi connectivity index (χ2n) is 4.45. The van der Waals surface area contributed by atoms with Crippen molar-refractivity contribution in [2.45, 2.75) is 6.92 Å². The van der Waals surface area contributed by atoms with Crippen molar-refractivity contribution in [1.29, 1.82) is 0 Å². The van der Waals surface area contributed by atoms with Crippen LogP contribution < -0.4 is 4.90 Å². The molecule has 0 spiro atoms. The number of aromatic carboxylic acids is 1. The second kappa shape index (κ2) is 5.70. The first kappa shape index (κ1) is 14.6. The van der Waals surface area contributed by atoms with Gasteiger partial charge in [-0.25, -0.2) is 14.2 Å². The monoisotopic (exact) mass is 288 g/mol. The normalized spacial score (nSPS) is 10.2. The number of benzene rings is 1. The zero-order chi connectivity index (χ0) is 15.6. The number of aryl methyl sites for hydroxylation is 1. The molecule has 0 fully saturated rings. The van der Waals surface area contributed by atoms with Crippen molar-refractivity contribution in [2.75, 3.05) is 11.9 Å². The van der Waals surface area contributed by atoms with Gasteiger partial charge in [-0.05, 0) is 31.2 Å². The first-order valence-corrected chi connectivity index (χ1v) is 6.15. The van der Waals surface area contributed by atoms with Crippen LogP contribution in [0.25, 0.3) is 0 Å². The summed E-state index contributed by atoms with van der Waals surface area (Å²) in [7, 11) is 1.43. The third-order valence-electron chi connectivity index (χ3n) is 3.05. The molecular weight excluding hydrogens is 275 g/mol. The van der Waals surface area contributed by atoms with Gasteiger partial charge in [0.2, 0.25) is 0 Å². The first-order chi connectivity index (χ1) is 9.91. The van der Waals surface area contributed by atoms with E-state index in [0.717, 1.165) is 4.90 Å². The molecule has 1 aromatic heterocycles. The Morgan fingerprint density at radius 1 is 1.19 bits per heavy atom. The molecule has 2 aromatic rings. The molecule has 0 radical (unpaired) electrons. The number of carboxylic acids is 1. The number of para-hydroxylation sites is 1. The number of hydrogen-bond acceptors (Lipinski definition) is 3. The molecule has 0 aliphatic heterocycles. The minimum Gasteiger partial charge on any atom is -0.478 e. The van der Waals surface area contributed by atoms with Crippen LogP contribution in [-0.2, 0) is 0 Å². The molecule has 1 amide bonds. The van der Waals surface area contributed by atoms with E-state index in [9.17, 15) is 14.0 Å². The van der Waals surface area contributed by atoms with Gasteiger partial charge in [-0.1, -0.05) is 12.1 Å². The van der Waals surface area contributed by atoms with Crippen LogP contribution in [0.4, 0.5) is 10.1 Å². The zero-order valence-electron chi connectivity index (χ0n) is 11.5. The van der Waals surface area contributed by atoms with E-state index in [2.05, 4.69) is 4.98 Å². The van der Waals surface area contributed by atoms with Crippen LogP contribution in [0.5, 0.6) is 0 Å². The highest BCUT2D eigenvalue weighted by atomic mass is 19.1. The molecule has 1 aromatic carbocycles. The Morgan fingerprint density at radius 3 is 2.43 bits per heavy atom. The van der Waals surface area contributed by atoms with Gasteiger partial charge in [-0.2, -0.15) is 0 Å². The average molecular weight is 288 g/mol. The van der Waals surface area contributed by atoms with Crippen molar-refractivity contribution >= 4 is 17.6 Å². The minimum atomic E-state index is -1.11. The highest BCUT2D eigenvalue weighted by molar-refractivity contribution is 6.04. The molecule has 0 bridgehead atoms. The van der Waals surface area contributed by atoms with Gasteiger partial charge in [0.25, 0.3) is 5.91 Å². The summed E-state index contributed by atoms with van der Waals surface area (Å²) in [5, 5.41) is 8.93. The fraction of sp³-hybridized carbons (Fsp3) is 0.133. The minimum absolute atomic E-state index is 0.0279. The van der Waals surface area contributed by atoms with E-state index in [4.69, 9.17) is 5.11 Å². The number of pyridine rings is 1. The summed E-state index contributed by atoms with van der Waals surface area (Å²) in [5.41, 5.74) is 0.447. The molecule has 1 N–H and O–H groups in total. The number of rotatable bonds is 3. The van der Waals surface area contributed by atoms with Crippen LogP contribution in [-0.4, -0.2) is 29.0 Å². The van der Waals surface area contributed by atoms with Crippen LogP contribution in [0, 0.1) is 12.7 Å². The maximum atomic E-state index is 13.7. The van der Waals surface area contributed by atoms with Crippen molar-refractivity contribution in [3.05, 3.63) is 59.2 Å². The number of nitrogens with zero attached hydrogens (tertiary/aromatic N) is 2. The molecule has 0 atom stereocenters. The van der Waals surface area contributed by atoms with Gasteiger partial charge in [0.1, 0.15) is 11.5 Å². The number of hydrogen-bond donors (Lipinski definition) is 1. The number of amides is 1. The van der Waals surface area contributed by atoms with E-state index in [1.807, 2.05) is 0 Å². The summed E-state index contributed by atoms with van der Waals surface area (Å²) in [6.45, 7) is 1.50. The lowest BCUT2D eigenvalue weighted by Gasteiger charge is -2.17. The Balaban J connectivity index is 2.34. The molecule has 2 rings (SSSR count). The van der Waals surface area contributed by atoms with Crippen LogP contribution >= 0.6 is 0 Å². The number of anilines is 1. The van der Waals surface area contributed by atoms with E-state index in [-0.39, 0.29) is 22.6 Å². The molecule has 0 unspecified atom stereocenters. The average Bonchev–Trinajstić information content (AvgIpc) is 2.45. The maximum Gasteiger partial charge on any atom is 0.337 e. The predicted octanol–water partition coefficient (Wildman–Crippen LogP) is 2.50. The van der Waals surface area contributed by atoms with Crippen LogP contribution in [0.15, 0.2) is 36.4 Å². The molecule has 0 saturated carbocycles. The topological polar surface area (TPSA) is 70.5 Å². The molecule has 0 aliphatic rings. The summed E-state index contributed by atoms with van der Waals surface area (Å²) in [6, 6.07) is 8.51. The number of carboxylic acid groups (broad SMARTS) is 1. The molecule has 5 nitrogen and oxygen atoms in total. The number of carbonyl (C=O) groups excluding carboxylic acids is 1. The molecule has 0 aliphatic carbocycles. The standard InChI is InChI=1S/C15H13FN2O3/c1-9-10(15(20)21)7-8-12(17-9)14(19)18(2)13-6-4-3-5-11(13)16/h3-8H,1-2H3,(H,20,21). The Bertz CT molecular complexity index is 716. The largest absolute Gasteiger partial charge is 0.478 e. The van der Waals surface area contributed by atoms with Gasteiger partial charge in [0.05, 0.1) is 16.9 Å². The van der Waals surface area contributed by atoms with Crippen molar-refractivity contribution in [2.24, 2.45) is 0 Å². The Labute approximate surface area is 120 Å². The molecule has 108 valence electrons. The number of aromatic nitrogens is 1. The predicted molar refractivity (Wildman–Crippen MR) is 75.1 cm³/mol. The highest BCUT2D eigenvalue weighted by Gasteiger charge is 2.19. The summed E-state index contributed by atoms with van der Waals surface area (Å²) < 4.78 is 13.7. The van der Waals surface area contributed by atoms with Crippen molar-refractivity contribution < 1.29 is 19.1 Å². The van der Waals surface area contributed by atoms with Gasteiger partial charge < -0.3 is 10.0 Å². The molecule has 0 saturated heterocycles. The Kier molecular flexibility index (Phi) is 3.98. The Morgan fingerprint density at radius 2 is 1.86 bits per heavy atom. The summed E-state index contributed by atoms with van der Waals surface area (Å²) in [6.07, 6.45) is 0. The SMILES string of the molecule is Cc1nc(C(=O)N(C)c2ccccc2F)ccc1C(=O)O. The first-order valence-electron chi connectivity index (χ1n) is 6.15. The van der Waals surface area contributed by atoms with Gasteiger partial charge in [-0.3, -0.25) is 4.79 Å². The lowest BCUT2D eigenvalue weighted by Crippen LogP contribution is -2.28. The number of halogens is 1. The number of carbonyl (C=O) groups is 2. The fourth-order valence-corrected chi connectivity index (χ4v) is 1.91. The third kappa shape index (κ3) is 2.89. The van der Waals surface area contributed by atoms with Gasteiger partial charge in [0.15, 0.2) is 0 Å². The highest BCUT2D eigenvalue weighted by Crippen LogP contribution is 2.19. The molecule has 1 heterocycles. The fourth-order valence-electron chi connectivity index (χ4n) is 1.91. The quantitative estimate of drug-likeness (QED) is 0.942. The summed E-state index contributed by atoms with van der Waals surface area (Å²) in [4.78, 5) is 28.3. The van der Waals surface area contributed by atoms with E-state index in [0.29, 0.717) is 0 Å². The van der Waals surface area contributed by atoms with Gasteiger partial charge in [0, 0.05) is 7.05 Å². The zero-order valence-corrected chi connectivity index (χ0v) is 11.5. The van der Waals surface area contributed by atoms with E-state index < -0.39 is 17.7 Å². The van der Waals surface area contributed by atoms with Crippen LogP contribution in [0.1, 0.15) is 26.5 Å². The lowest BCUT2D eigenvalue weighted by molar-refractivity contribution is 0.0695. The maximum absolute atomic E-state index is 13.7. The van der Waals surface area contributed by atoms with Crippen molar-refractivity contribution in [3.8, 4) is 0 Å². The molecule has 6 heteroatoms. The van der Waals surface area contributed by atoms with Crippen molar-refractivity contribution in [3.63, 3.8) is 0 Å². The summed E-state index contributed by atoms with van der Waals surface area (Å²) >= 11 is 0. The van der Waals surface area contributed by atoms with E-state index in [1.165, 1.54) is 44.3 Å². The van der Waals surface area contributed by atoms with E-state index in [1.54, 1.807) is 6.07 Å². The van der Waals surface area contributed by atoms with E-state index >= 15 is 0 Å². The van der Waals surface area contributed by atoms with Crippen molar-refractivity contribution in [1.82, 2.24) is 4.98 Å². The third-order valence-corrected chi connectivity index (χ3v) is 3.05. The summed E-state index contributed by atoms with van der Waals surface area (Å²) in [5.74, 6) is -2.14.